The summed E-state index contributed by atoms with van der Waals surface area (Å²) in [7, 11) is 0. The summed E-state index contributed by atoms with van der Waals surface area (Å²) in [6.07, 6.45) is 6.44. The molecule has 9 heavy (non-hydrogen) atoms. The molecule has 1 saturated carbocycles. The Morgan fingerprint density at radius 2 is 2.22 bits per heavy atom. The molecule has 1 aliphatic carbocycles. The molecule has 0 nitrogen and oxygen atoms in total. The van der Waals surface area contributed by atoms with Crippen molar-refractivity contribution in [3.05, 3.63) is 0 Å². The topological polar surface area (TPSA) is 0 Å². The smallest absolute Gasteiger partial charge is 0.000577 e. The van der Waals surface area contributed by atoms with E-state index >= 15 is 0 Å². The SMILES string of the molecule is CSCC1(CS)CCC1. The highest BCUT2D eigenvalue weighted by molar-refractivity contribution is 7.98. The van der Waals surface area contributed by atoms with E-state index in [1.165, 1.54) is 25.0 Å². The van der Waals surface area contributed by atoms with Crippen LogP contribution in [0.15, 0.2) is 0 Å². The summed E-state index contributed by atoms with van der Waals surface area (Å²) in [6.45, 7) is 0. The molecular weight excluding hydrogens is 148 g/mol. The third-order valence-corrected chi connectivity index (χ3v) is 3.77. The summed E-state index contributed by atoms with van der Waals surface area (Å²) in [5.41, 5.74) is 0.641. The van der Waals surface area contributed by atoms with Crippen molar-refractivity contribution in [3.8, 4) is 0 Å². The molecule has 0 aliphatic heterocycles. The minimum absolute atomic E-state index is 0.641. The van der Waals surface area contributed by atoms with Gasteiger partial charge < -0.3 is 0 Å². The third-order valence-electron chi connectivity index (χ3n) is 2.20. The molecule has 2 heteroatoms. The normalized spacial score (nSPS) is 23.3. The predicted molar refractivity (Wildman–Crippen MR) is 48.5 cm³/mol. The molecule has 1 rings (SSSR count). The Labute approximate surface area is 67.2 Å². The van der Waals surface area contributed by atoms with Crippen molar-refractivity contribution in [2.75, 3.05) is 17.8 Å². The van der Waals surface area contributed by atoms with Crippen molar-refractivity contribution in [3.63, 3.8) is 0 Å². The van der Waals surface area contributed by atoms with Crippen LogP contribution in [0.2, 0.25) is 0 Å². The third kappa shape index (κ3) is 1.58. The Hall–Kier alpha value is 0.700. The molecule has 0 atom stereocenters. The van der Waals surface area contributed by atoms with Crippen molar-refractivity contribution in [1.82, 2.24) is 0 Å². The summed E-state index contributed by atoms with van der Waals surface area (Å²) < 4.78 is 0. The fraction of sp³-hybridized carbons (Fsp3) is 1.00. The number of hydrogen-bond acceptors (Lipinski definition) is 2. The van der Waals surface area contributed by atoms with Gasteiger partial charge in [-0.25, -0.2) is 0 Å². The second-order valence-electron chi connectivity index (χ2n) is 2.94. The minimum atomic E-state index is 0.641. The molecule has 1 fully saturated rings. The summed E-state index contributed by atoms with van der Waals surface area (Å²) in [6, 6.07) is 0. The quantitative estimate of drug-likeness (QED) is 0.622. The van der Waals surface area contributed by atoms with E-state index in [1.54, 1.807) is 0 Å². The monoisotopic (exact) mass is 162 g/mol. The van der Waals surface area contributed by atoms with Gasteiger partial charge in [0.15, 0.2) is 0 Å². The van der Waals surface area contributed by atoms with Crippen LogP contribution >= 0.6 is 24.4 Å². The lowest BCUT2D eigenvalue weighted by Crippen LogP contribution is -2.33. The second-order valence-corrected chi connectivity index (χ2v) is 4.13. The first-order valence-electron chi connectivity index (χ1n) is 3.43. The Balaban J connectivity index is 2.28. The minimum Gasteiger partial charge on any atom is -0.179 e. The molecule has 0 unspecified atom stereocenters. The van der Waals surface area contributed by atoms with E-state index in [0.717, 1.165) is 5.75 Å². The summed E-state index contributed by atoms with van der Waals surface area (Å²) in [5, 5.41) is 0. The fourth-order valence-electron chi connectivity index (χ4n) is 1.33. The lowest BCUT2D eigenvalue weighted by molar-refractivity contribution is 0.205. The van der Waals surface area contributed by atoms with Crippen molar-refractivity contribution in [1.29, 1.82) is 0 Å². The van der Waals surface area contributed by atoms with Gasteiger partial charge in [-0.05, 0) is 36.0 Å². The number of thiol groups is 1. The van der Waals surface area contributed by atoms with E-state index in [-0.39, 0.29) is 0 Å². The molecule has 0 bridgehead atoms. The van der Waals surface area contributed by atoms with E-state index < -0.39 is 0 Å². The average Bonchev–Trinajstić information content (AvgIpc) is 1.79. The molecule has 0 saturated heterocycles. The van der Waals surface area contributed by atoms with Crippen LogP contribution < -0.4 is 0 Å². The van der Waals surface area contributed by atoms with Crippen LogP contribution in [0, 0.1) is 5.41 Å². The maximum Gasteiger partial charge on any atom is -0.000577 e. The lowest BCUT2D eigenvalue weighted by atomic mass is 9.72. The Bertz CT molecular complexity index is 81.4. The first-order valence-corrected chi connectivity index (χ1v) is 5.45. The number of rotatable bonds is 3. The molecule has 0 spiro atoms. The Morgan fingerprint density at radius 1 is 1.56 bits per heavy atom. The Morgan fingerprint density at radius 3 is 2.33 bits per heavy atom. The molecular formula is C7H14S2. The van der Waals surface area contributed by atoms with Gasteiger partial charge >= 0.3 is 0 Å². The molecule has 0 amide bonds. The second kappa shape index (κ2) is 3.20. The van der Waals surface area contributed by atoms with Gasteiger partial charge in [-0.3, -0.25) is 0 Å². The van der Waals surface area contributed by atoms with Gasteiger partial charge in [0, 0.05) is 0 Å². The van der Waals surface area contributed by atoms with Crippen molar-refractivity contribution in [2.24, 2.45) is 5.41 Å². The largest absolute Gasteiger partial charge is 0.179 e. The van der Waals surface area contributed by atoms with E-state index in [4.69, 9.17) is 0 Å². The highest BCUT2D eigenvalue weighted by Gasteiger charge is 2.34. The van der Waals surface area contributed by atoms with Crippen molar-refractivity contribution >= 4 is 24.4 Å². The molecule has 0 N–H and O–H groups in total. The molecule has 0 radical (unpaired) electrons. The zero-order valence-corrected chi connectivity index (χ0v) is 7.60. The number of hydrogen-bond donors (Lipinski definition) is 1. The van der Waals surface area contributed by atoms with Crippen LogP contribution in [0.5, 0.6) is 0 Å². The molecule has 0 aromatic rings. The highest BCUT2D eigenvalue weighted by Crippen LogP contribution is 2.43. The van der Waals surface area contributed by atoms with E-state index in [0.29, 0.717) is 5.41 Å². The van der Waals surface area contributed by atoms with Crippen molar-refractivity contribution in [2.45, 2.75) is 19.3 Å². The van der Waals surface area contributed by atoms with Gasteiger partial charge in [-0.15, -0.1) is 0 Å². The van der Waals surface area contributed by atoms with Gasteiger partial charge in [-0.1, -0.05) is 6.42 Å². The first kappa shape index (κ1) is 7.80. The molecule has 1 aliphatic rings. The molecule has 0 aromatic carbocycles. The molecule has 0 aromatic heterocycles. The summed E-state index contributed by atoms with van der Waals surface area (Å²) in [5.74, 6) is 2.41. The van der Waals surface area contributed by atoms with Crippen LogP contribution in [-0.2, 0) is 0 Å². The van der Waals surface area contributed by atoms with Crippen LogP contribution in [0.4, 0.5) is 0 Å². The molecule has 0 heterocycles. The van der Waals surface area contributed by atoms with Gasteiger partial charge in [-0.2, -0.15) is 24.4 Å². The van der Waals surface area contributed by atoms with E-state index in [1.807, 2.05) is 11.8 Å². The van der Waals surface area contributed by atoms with Crippen LogP contribution in [0.25, 0.3) is 0 Å². The van der Waals surface area contributed by atoms with Crippen LogP contribution in [0.3, 0.4) is 0 Å². The van der Waals surface area contributed by atoms with Crippen LogP contribution in [-0.4, -0.2) is 17.8 Å². The Kier molecular flexibility index (Phi) is 2.77. The number of thioether (sulfide) groups is 1. The molecule has 54 valence electrons. The van der Waals surface area contributed by atoms with Gasteiger partial charge in [0.05, 0.1) is 0 Å². The average molecular weight is 162 g/mol. The standard InChI is InChI=1S/C7H14S2/c1-9-6-7(5-8)3-2-4-7/h8H,2-6H2,1H3. The maximum atomic E-state index is 4.35. The lowest BCUT2D eigenvalue weighted by Gasteiger charge is -2.40. The zero-order chi connectivity index (χ0) is 6.74. The predicted octanol–water partition coefficient (Wildman–Crippen LogP) is 2.45. The van der Waals surface area contributed by atoms with Gasteiger partial charge in [0.25, 0.3) is 0 Å². The first-order chi connectivity index (χ1) is 4.33. The van der Waals surface area contributed by atoms with E-state index in [9.17, 15) is 0 Å². The summed E-state index contributed by atoms with van der Waals surface area (Å²) >= 11 is 6.31. The van der Waals surface area contributed by atoms with Crippen LogP contribution in [0.1, 0.15) is 19.3 Å². The summed E-state index contributed by atoms with van der Waals surface area (Å²) in [4.78, 5) is 0. The highest BCUT2D eigenvalue weighted by atomic mass is 32.2. The van der Waals surface area contributed by atoms with Crippen molar-refractivity contribution < 1.29 is 0 Å². The zero-order valence-electron chi connectivity index (χ0n) is 5.89. The van der Waals surface area contributed by atoms with Gasteiger partial charge in [0.1, 0.15) is 0 Å². The van der Waals surface area contributed by atoms with Gasteiger partial charge in [0.2, 0.25) is 0 Å². The van der Waals surface area contributed by atoms with E-state index in [2.05, 4.69) is 18.9 Å². The fourth-order valence-corrected chi connectivity index (χ4v) is 2.91. The maximum absolute atomic E-state index is 4.35.